The molecule has 1 atom stereocenters. The molecular formula is C5H9NO2. The number of ether oxygens (including phenoxy) is 1. The van der Waals surface area contributed by atoms with Crippen molar-refractivity contribution in [2.24, 2.45) is 0 Å². The van der Waals surface area contributed by atoms with Gasteiger partial charge in [-0.25, -0.2) is 0 Å². The third kappa shape index (κ3) is 1.93. The summed E-state index contributed by atoms with van der Waals surface area (Å²) < 4.78 is 4.84. The second kappa shape index (κ2) is 2.13. The summed E-state index contributed by atoms with van der Waals surface area (Å²) in [7, 11) is 0. The van der Waals surface area contributed by atoms with Gasteiger partial charge in [-0.1, -0.05) is 0 Å². The van der Waals surface area contributed by atoms with E-state index in [2.05, 4.69) is 5.32 Å². The van der Waals surface area contributed by atoms with Crippen molar-refractivity contribution in [3.63, 3.8) is 0 Å². The highest BCUT2D eigenvalue weighted by molar-refractivity contribution is 5.72. The maximum atomic E-state index is 10.2. The molecule has 1 aliphatic heterocycles. The fraction of sp³-hybridized carbons (Fsp3) is 0.800. The lowest BCUT2D eigenvalue weighted by atomic mass is 10.5. The van der Waals surface area contributed by atoms with E-state index >= 15 is 0 Å². The molecule has 1 aliphatic rings. The Kier molecular flexibility index (Phi) is 1.48. The van der Waals surface area contributed by atoms with Crippen molar-refractivity contribution >= 4 is 5.91 Å². The predicted octanol–water partition coefficient (Wildman–Crippen LogP) is -0.479. The summed E-state index contributed by atoms with van der Waals surface area (Å²) in [6, 6.07) is 0. The Labute approximate surface area is 48.0 Å². The number of carbonyl (C=O) groups is 1. The zero-order valence-corrected chi connectivity index (χ0v) is 4.81. The van der Waals surface area contributed by atoms with Gasteiger partial charge >= 0.3 is 0 Å². The number of hydrogen-bond acceptors (Lipinski definition) is 2. The summed E-state index contributed by atoms with van der Waals surface area (Å²) in [5.74, 6) is 0.0144. The maximum Gasteiger partial charge on any atom is 0.216 e. The quantitative estimate of drug-likeness (QED) is 0.494. The van der Waals surface area contributed by atoms with Gasteiger partial charge in [-0.05, 0) is 0 Å². The van der Waals surface area contributed by atoms with E-state index in [0.29, 0.717) is 12.6 Å². The molecule has 0 saturated carbocycles. The Hall–Kier alpha value is -0.570. The smallest absolute Gasteiger partial charge is 0.216 e. The molecule has 8 heavy (non-hydrogen) atoms. The number of carbonyl (C=O) groups excluding carboxylic acids is 1. The van der Waals surface area contributed by atoms with E-state index in [-0.39, 0.29) is 5.91 Å². The minimum absolute atomic E-state index is 0.0144. The summed E-state index contributed by atoms with van der Waals surface area (Å²) in [6.07, 6.45) is 0.305. The molecule has 1 amide bonds. The van der Waals surface area contributed by atoms with Crippen LogP contribution >= 0.6 is 0 Å². The maximum absolute atomic E-state index is 10.2. The molecule has 3 heteroatoms. The summed E-state index contributed by atoms with van der Waals surface area (Å²) >= 11 is 0. The van der Waals surface area contributed by atoms with Gasteiger partial charge in [-0.2, -0.15) is 0 Å². The minimum atomic E-state index is 0.0144. The highest BCUT2D eigenvalue weighted by Crippen LogP contribution is 2.05. The first-order valence-electron chi connectivity index (χ1n) is 2.65. The molecule has 0 aromatic heterocycles. The summed E-state index contributed by atoms with van der Waals surface area (Å²) in [5, 5.41) is 2.64. The van der Waals surface area contributed by atoms with Crippen molar-refractivity contribution in [1.29, 1.82) is 0 Å². The van der Waals surface area contributed by atoms with Crippen LogP contribution in [0.4, 0.5) is 0 Å². The molecule has 1 fully saturated rings. The molecule has 1 unspecified atom stereocenters. The molecule has 0 spiro atoms. The highest BCUT2D eigenvalue weighted by atomic mass is 16.6. The van der Waals surface area contributed by atoms with Gasteiger partial charge in [0.05, 0.1) is 12.7 Å². The monoisotopic (exact) mass is 115 g/mol. The van der Waals surface area contributed by atoms with Crippen molar-refractivity contribution in [3.8, 4) is 0 Å². The van der Waals surface area contributed by atoms with E-state index in [1.165, 1.54) is 6.92 Å². The number of epoxide rings is 1. The normalized spacial score (nSPS) is 24.9. The lowest BCUT2D eigenvalue weighted by Crippen LogP contribution is -2.24. The number of nitrogens with one attached hydrogen (secondary N) is 1. The van der Waals surface area contributed by atoms with Gasteiger partial charge in [0, 0.05) is 13.5 Å². The van der Waals surface area contributed by atoms with Crippen molar-refractivity contribution < 1.29 is 9.53 Å². The molecule has 46 valence electrons. The first kappa shape index (κ1) is 5.56. The van der Waals surface area contributed by atoms with Crippen LogP contribution in [0.5, 0.6) is 0 Å². The standard InChI is InChI=1S/C5H9NO2/c1-4(7)6-2-5-3-8-5/h5H,2-3H2,1H3,(H,6,7). The number of hydrogen-bond donors (Lipinski definition) is 1. The average Bonchev–Trinajstić information content (AvgIpc) is 2.41. The zero-order valence-electron chi connectivity index (χ0n) is 4.81. The highest BCUT2D eigenvalue weighted by Gasteiger charge is 2.21. The van der Waals surface area contributed by atoms with Crippen LogP contribution in [-0.2, 0) is 9.53 Å². The van der Waals surface area contributed by atoms with E-state index in [9.17, 15) is 4.79 Å². The third-order valence-corrected chi connectivity index (χ3v) is 0.981. The van der Waals surface area contributed by atoms with Gasteiger partial charge < -0.3 is 10.1 Å². The molecule has 1 saturated heterocycles. The van der Waals surface area contributed by atoms with Crippen molar-refractivity contribution in [1.82, 2.24) is 5.32 Å². The van der Waals surface area contributed by atoms with Gasteiger partial charge in [0.15, 0.2) is 0 Å². The van der Waals surface area contributed by atoms with Crippen LogP contribution in [0.1, 0.15) is 6.92 Å². The molecule has 1 heterocycles. The second-order valence-corrected chi connectivity index (χ2v) is 1.89. The van der Waals surface area contributed by atoms with Gasteiger partial charge in [-0.15, -0.1) is 0 Å². The van der Waals surface area contributed by atoms with Gasteiger partial charge in [0.2, 0.25) is 5.91 Å². The van der Waals surface area contributed by atoms with E-state index < -0.39 is 0 Å². The van der Waals surface area contributed by atoms with Crippen LogP contribution < -0.4 is 5.32 Å². The molecule has 0 radical (unpaired) electrons. The van der Waals surface area contributed by atoms with E-state index in [4.69, 9.17) is 4.74 Å². The van der Waals surface area contributed by atoms with Crippen LogP contribution in [0, 0.1) is 0 Å². The lowest BCUT2D eigenvalue weighted by molar-refractivity contribution is -0.119. The van der Waals surface area contributed by atoms with E-state index in [1.807, 2.05) is 0 Å². The molecule has 0 bridgehead atoms. The Bertz CT molecular complexity index is 98.6. The zero-order chi connectivity index (χ0) is 5.98. The fourth-order valence-corrected chi connectivity index (χ4v) is 0.443. The molecule has 0 aromatic rings. The molecule has 0 aliphatic carbocycles. The average molecular weight is 115 g/mol. The molecule has 1 rings (SSSR count). The SMILES string of the molecule is CC(=O)NCC1CO1. The molecular weight excluding hydrogens is 106 g/mol. The largest absolute Gasteiger partial charge is 0.371 e. The van der Waals surface area contributed by atoms with Crippen molar-refractivity contribution in [2.75, 3.05) is 13.2 Å². The lowest BCUT2D eigenvalue weighted by Gasteiger charge is -1.93. The minimum Gasteiger partial charge on any atom is -0.371 e. The summed E-state index contributed by atoms with van der Waals surface area (Å²) in [4.78, 5) is 10.2. The third-order valence-electron chi connectivity index (χ3n) is 0.981. The Morgan fingerprint density at radius 2 is 2.62 bits per heavy atom. The topological polar surface area (TPSA) is 41.6 Å². The Balaban J connectivity index is 1.95. The van der Waals surface area contributed by atoms with Crippen LogP contribution in [0.15, 0.2) is 0 Å². The molecule has 3 nitrogen and oxygen atoms in total. The van der Waals surface area contributed by atoms with E-state index in [1.54, 1.807) is 0 Å². The Morgan fingerprint density at radius 1 is 2.00 bits per heavy atom. The fourth-order valence-electron chi connectivity index (χ4n) is 0.443. The predicted molar refractivity (Wildman–Crippen MR) is 28.4 cm³/mol. The van der Waals surface area contributed by atoms with Crippen molar-refractivity contribution in [2.45, 2.75) is 13.0 Å². The van der Waals surface area contributed by atoms with E-state index in [0.717, 1.165) is 6.61 Å². The molecule has 0 aromatic carbocycles. The van der Waals surface area contributed by atoms with Gasteiger partial charge in [-0.3, -0.25) is 4.79 Å². The summed E-state index contributed by atoms with van der Waals surface area (Å²) in [6.45, 7) is 2.98. The van der Waals surface area contributed by atoms with Crippen LogP contribution in [0.25, 0.3) is 0 Å². The second-order valence-electron chi connectivity index (χ2n) is 1.89. The number of rotatable bonds is 2. The first-order chi connectivity index (χ1) is 3.79. The van der Waals surface area contributed by atoms with Gasteiger partial charge in [0.25, 0.3) is 0 Å². The Morgan fingerprint density at radius 3 is 3.00 bits per heavy atom. The molecule has 1 N–H and O–H groups in total. The van der Waals surface area contributed by atoms with Gasteiger partial charge in [0.1, 0.15) is 0 Å². The number of amides is 1. The van der Waals surface area contributed by atoms with Crippen LogP contribution in [-0.4, -0.2) is 25.2 Å². The van der Waals surface area contributed by atoms with Crippen LogP contribution in [0.3, 0.4) is 0 Å². The summed E-state index contributed by atoms with van der Waals surface area (Å²) in [5.41, 5.74) is 0. The van der Waals surface area contributed by atoms with Crippen molar-refractivity contribution in [3.05, 3.63) is 0 Å². The van der Waals surface area contributed by atoms with Crippen LogP contribution in [0.2, 0.25) is 0 Å². The first-order valence-corrected chi connectivity index (χ1v) is 2.65.